The number of hydrogen-bond acceptors (Lipinski definition) is 2. The monoisotopic (exact) mass is 335 g/mol. The van der Waals surface area contributed by atoms with E-state index in [1.807, 2.05) is 24.3 Å². The Morgan fingerprint density at radius 1 is 1.21 bits per heavy atom. The van der Waals surface area contributed by atoms with Crippen molar-refractivity contribution in [2.75, 3.05) is 0 Å². The number of aromatic nitrogens is 3. The van der Waals surface area contributed by atoms with E-state index in [2.05, 4.69) is 36.5 Å². The van der Waals surface area contributed by atoms with E-state index < -0.39 is 0 Å². The summed E-state index contributed by atoms with van der Waals surface area (Å²) in [7, 11) is 0. The molecule has 0 aliphatic carbocycles. The van der Waals surface area contributed by atoms with Crippen molar-refractivity contribution in [1.29, 1.82) is 0 Å². The van der Waals surface area contributed by atoms with Crippen molar-refractivity contribution in [3.05, 3.63) is 58.6 Å². The molecule has 0 amide bonds. The summed E-state index contributed by atoms with van der Waals surface area (Å²) in [6.45, 7) is 0.740. The molecule has 0 aliphatic rings. The highest BCUT2D eigenvalue weighted by molar-refractivity contribution is 9.10. The number of halogens is 2. The lowest BCUT2D eigenvalue weighted by molar-refractivity contribution is 0.776. The Bertz CT molecular complexity index is 724. The molecule has 0 spiro atoms. The van der Waals surface area contributed by atoms with Gasteiger partial charge in [-0.05, 0) is 17.7 Å². The molecule has 3 rings (SSSR count). The number of rotatable bonds is 3. The third kappa shape index (κ3) is 2.38. The Hall–Kier alpha value is -1.39. The second-order valence-corrected chi connectivity index (χ2v) is 5.33. The van der Waals surface area contributed by atoms with Crippen LogP contribution in [0.4, 0.5) is 0 Å². The molecule has 2 aromatic heterocycles. The summed E-state index contributed by atoms with van der Waals surface area (Å²) in [5, 5.41) is 0. The van der Waals surface area contributed by atoms with Crippen LogP contribution in [-0.2, 0) is 12.4 Å². The third-order valence-corrected chi connectivity index (χ3v) is 4.05. The lowest BCUT2D eigenvalue weighted by Crippen LogP contribution is -2.04. The van der Waals surface area contributed by atoms with Gasteiger partial charge in [-0.15, -0.1) is 11.6 Å². The van der Waals surface area contributed by atoms with E-state index in [1.54, 1.807) is 12.4 Å². The van der Waals surface area contributed by atoms with E-state index in [4.69, 9.17) is 11.6 Å². The third-order valence-electron chi connectivity index (χ3n) is 3.04. The zero-order valence-electron chi connectivity index (χ0n) is 10.1. The van der Waals surface area contributed by atoms with Crippen LogP contribution in [0.5, 0.6) is 0 Å². The highest BCUT2D eigenvalue weighted by atomic mass is 79.9. The molecule has 0 bridgehead atoms. The van der Waals surface area contributed by atoms with Gasteiger partial charge in [-0.2, -0.15) is 0 Å². The SMILES string of the molecule is ClCc1nc2cnccc2n1Cc1ccccc1Br. The summed E-state index contributed by atoms with van der Waals surface area (Å²) < 4.78 is 3.22. The van der Waals surface area contributed by atoms with Gasteiger partial charge in [0.25, 0.3) is 0 Å². The first kappa shape index (κ1) is 12.6. The summed E-state index contributed by atoms with van der Waals surface area (Å²) in [6.07, 6.45) is 3.54. The first-order valence-corrected chi connectivity index (χ1v) is 7.21. The van der Waals surface area contributed by atoms with E-state index in [0.717, 1.165) is 27.9 Å². The van der Waals surface area contributed by atoms with Crippen LogP contribution in [0, 0.1) is 0 Å². The minimum Gasteiger partial charge on any atom is -0.322 e. The Morgan fingerprint density at radius 2 is 2.05 bits per heavy atom. The quantitative estimate of drug-likeness (QED) is 0.677. The molecule has 0 saturated heterocycles. The van der Waals surface area contributed by atoms with Crippen LogP contribution >= 0.6 is 27.5 Å². The predicted octanol–water partition coefficient (Wildman–Crippen LogP) is 3.98. The van der Waals surface area contributed by atoms with Crippen LogP contribution in [0.15, 0.2) is 47.2 Å². The summed E-state index contributed by atoms with van der Waals surface area (Å²) in [6, 6.07) is 10.1. The van der Waals surface area contributed by atoms with Crippen molar-refractivity contribution in [2.45, 2.75) is 12.4 Å². The highest BCUT2D eigenvalue weighted by Crippen LogP contribution is 2.22. The molecule has 96 valence electrons. The number of pyridine rings is 1. The molecule has 0 radical (unpaired) electrons. The van der Waals surface area contributed by atoms with Gasteiger partial charge < -0.3 is 4.57 Å². The van der Waals surface area contributed by atoms with Gasteiger partial charge in [0.1, 0.15) is 11.3 Å². The van der Waals surface area contributed by atoms with Gasteiger partial charge in [-0.3, -0.25) is 4.98 Å². The number of imidazole rings is 1. The molecule has 0 saturated carbocycles. The van der Waals surface area contributed by atoms with Gasteiger partial charge in [0.2, 0.25) is 0 Å². The molecular formula is C14H11BrClN3. The van der Waals surface area contributed by atoms with E-state index in [-0.39, 0.29) is 0 Å². The summed E-state index contributed by atoms with van der Waals surface area (Å²) in [5.74, 6) is 1.25. The molecule has 19 heavy (non-hydrogen) atoms. The molecule has 3 nitrogen and oxygen atoms in total. The lowest BCUT2D eigenvalue weighted by Gasteiger charge is -2.09. The minimum absolute atomic E-state index is 0.388. The molecule has 5 heteroatoms. The van der Waals surface area contributed by atoms with Gasteiger partial charge in [0.15, 0.2) is 0 Å². The van der Waals surface area contributed by atoms with Crippen molar-refractivity contribution in [3.63, 3.8) is 0 Å². The van der Waals surface area contributed by atoms with Crippen molar-refractivity contribution in [1.82, 2.24) is 14.5 Å². The van der Waals surface area contributed by atoms with Crippen LogP contribution in [0.25, 0.3) is 11.0 Å². The molecule has 2 heterocycles. The van der Waals surface area contributed by atoms with Gasteiger partial charge in [-0.25, -0.2) is 4.98 Å². The molecule has 1 aromatic carbocycles. The zero-order valence-corrected chi connectivity index (χ0v) is 12.4. The fourth-order valence-corrected chi connectivity index (χ4v) is 2.72. The molecule has 0 aliphatic heterocycles. The van der Waals surface area contributed by atoms with Crippen LogP contribution in [0.1, 0.15) is 11.4 Å². The molecule has 0 unspecified atom stereocenters. The van der Waals surface area contributed by atoms with E-state index in [0.29, 0.717) is 5.88 Å². The molecule has 0 N–H and O–H groups in total. The summed E-state index contributed by atoms with van der Waals surface area (Å²) >= 11 is 9.57. The summed E-state index contributed by atoms with van der Waals surface area (Å²) in [4.78, 5) is 8.61. The maximum Gasteiger partial charge on any atom is 0.125 e. The topological polar surface area (TPSA) is 30.7 Å². The van der Waals surface area contributed by atoms with Gasteiger partial charge in [0.05, 0.1) is 24.1 Å². The van der Waals surface area contributed by atoms with Crippen LogP contribution in [0.2, 0.25) is 0 Å². The molecule has 0 atom stereocenters. The zero-order chi connectivity index (χ0) is 13.2. The Morgan fingerprint density at radius 3 is 2.84 bits per heavy atom. The second-order valence-electron chi connectivity index (χ2n) is 4.20. The summed E-state index contributed by atoms with van der Waals surface area (Å²) in [5.41, 5.74) is 3.14. The van der Waals surface area contributed by atoms with Gasteiger partial charge in [-0.1, -0.05) is 34.1 Å². The number of hydrogen-bond donors (Lipinski definition) is 0. The minimum atomic E-state index is 0.388. The van der Waals surface area contributed by atoms with Crippen LogP contribution in [-0.4, -0.2) is 14.5 Å². The molecular weight excluding hydrogens is 326 g/mol. The number of fused-ring (bicyclic) bond motifs is 1. The van der Waals surface area contributed by atoms with Gasteiger partial charge in [0, 0.05) is 10.7 Å². The highest BCUT2D eigenvalue weighted by Gasteiger charge is 2.11. The standard InChI is InChI=1S/C14H11BrClN3/c15-11-4-2-1-3-10(11)9-19-13-5-6-17-8-12(13)18-14(19)7-16/h1-6,8H,7,9H2. The maximum absolute atomic E-state index is 5.99. The van der Waals surface area contributed by atoms with Crippen LogP contribution in [0.3, 0.4) is 0 Å². The maximum atomic E-state index is 5.99. The van der Waals surface area contributed by atoms with Crippen molar-refractivity contribution >= 4 is 38.6 Å². The fraction of sp³-hybridized carbons (Fsp3) is 0.143. The van der Waals surface area contributed by atoms with Gasteiger partial charge >= 0.3 is 0 Å². The van der Waals surface area contributed by atoms with Crippen LogP contribution < -0.4 is 0 Å². The average Bonchev–Trinajstić information content (AvgIpc) is 2.79. The number of benzene rings is 1. The Labute approximate surface area is 124 Å². The Kier molecular flexibility index (Phi) is 3.53. The average molecular weight is 337 g/mol. The van der Waals surface area contributed by atoms with Crippen molar-refractivity contribution in [2.24, 2.45) is 0 Å². The fourth-order valence-electron chi connectivity index (χ4n) is 2.11. The second kappa shape index (κ2) is 5.31. The normalized spacial score (nSPS) is 11.1. The van der Waals surface area contributed by atoms with E-state index >= 15 is 0 Å². The van der Waals surface area contributed by atoms with E-state index in [9.17, 15) is 0 Å². The molecule has 0 fully saturated rings. The number of alkyl halides is 1. The first-order valence-electron chi connectivity index (χ1n) is 5.88. The van der Waals surface area contributed by atoms with E-state index in [1.165, 1.54) is 5.56 Å². The first-order chi connectivity index (χ1) is 9.29. The lowest BCUT2D eigenvalue weighted by atomic mass is 10.2. The number of nitrogens with zero attached hydrogens (tertiary/aromatic N) is 3. The molecule has 3 aromatic rings. The Balaban J connectivity index is 2.12. The van der Waals surface area contributed by atoms with Crippen molar-refractivity contribution in [3.8, 4) is 0 Å². The van der Waals surface area contributed by atoms with Crippen molar-refractivity contribution < 1.29 is 0 Å². The smallest absolute Gasteiger partial charge is 0.125 e. The predicted molar refractivity (Wildman–Crippen MR) is 80.3 cm³/mol. The largest absolute Gasteiger partial charge is 0.322 e.